The Morgan fingerprint density at radius 2 is 2.07 bits per heavy atom. The van der Waals surface area contributed by atoms with E-state index in [9.17, 15) is 0 Å². The summed E-state index contributed by atoms with van der Waals surface area (Å²) in [5, 5.41) is 0. The average molecular weight is 224 g/mol. The summed E-state index contributed by atoms with van der Waals surface area (Å²) in [5.74, 6) is 0.759. The second kappa shape index (κ2) is 4.52. The van der Waals surface area contributed by atoms with E-state index < -0.39 is 0 Å². The lowest BCUT2D eigenvalue weighted by Gasteiger charge is -2.22. The van der Waals surface area contributed by atoms with Gasteiger partial charge in [0.1, 0.15) is 0 Å². The van der Waals surface area contributed by atoms with Crippen molar-refractivity contribution in [1.82, 2.24) is 9.55 Å². The van der Waals surface area contributed by atoms with Crippen molar-refractivity contribution in [3.8, 4) is 0 Å². The van der Waals surface area contributed by atoms with Crippen molar-refractivity contribution in [2.24, 2.45) is 5.92 Å². The van der Waals surface area contributed by atoms with Crippen LogP contribution in [0.2, 0.25) is 0 Å². The maximum atomic E-state index is 5.36. The van der Waals surface area contributed by atoms with Crippen molar-refractivity contribution in [2.75, 3.05) is 0 Å². The summed E-state index contributed by atoms with van der Waals surface area (Å²) in [7, 11) is 0. The molecular weight excluding hydrogens is 204 g/mol. The number of aryl methyl sites for hydroxylation is 1. The normalized spacial score (nSPS) is 27.6. The Kier molecular flexibility index (Phi) is 3.29. The Labute approximate surface area is 96.7 Å². The van der Waals surface area contributed by atoms with Crippen molar-refractivity contribution >= 4 is 12.2 Å². The molecule has 2 nitrogen and oxygen atoms in total. The lowest BCUT2D eigenvalue weighted by Crippen LogP contribution is -2.15. The van der Waals surface area contributed by atoms with Gasteiger partial charge in [0.25, 0.3) is 0 Å². The zero-order valence-corrected chi connectivity index (χ0v) is 10.4. The van der Waals surface area contributed by atoms with Gasteiger partial charge in [-0.2, -0.15) is 0 Å². The molecule has 1 aromatic rings. The lowest BCUT2D eigenvalue weighted by molar-refractivity contribution is 0.331. The van der Waals surface area contributed by atoms with E-state index in [4.69, 9.17) is 12.2 Å². The van der Waals surface area contributed by atoms with E-state index >= 15 is 0 Å². The van der Waals surface area contributed by atoms with Gasteiger partial charge in [0.05, 0.1) is 0 Å². The van der Waals surface area contributed by atoms with Gasteiger partial charge in [-0.1, -0.05) is 26.2 Å². The van der Waals surface area contributed by atoms with Crippen molar-refractivity contribution in [2.45, 2.75) is 52.0 Å². The second-order valence-corrected chi connectivity index (χ2v) is 5.22. The molecular formula is C12H20N2S. The number of nitrogens with one attached hydrogen (secondary N) is 1. The van der Waals surface area contributed by atoms with E-state index in [2.05, 4.69) is 29.6 Å². The molecule has 15 heavy (non-hydrogen) atoms. The van der Waals surface area contributed by atoms with E-state index in [0.717, 1.165) is 10.7 Å². The first-order valence-electron chi connectivity index (χ1n) is 5.96. The van der Waals surface area contributed by atoms with Crippen LogP contribution in [0.4, 0.5) is 0 Å². The number of hydrogen-bond acceptors (Lipinski definition) is 1. The van der Waals surface area contributed by atoms with Crippen LogP contribution < -0.4 is 0 Å². The molecule has 0 radical (unpaired) electrons. The van der Waals surface area contributed by atoms with E-state index in [1.54, 1.807) is 0 Å². The molecule has 1 N–H and O–H groups in total. The number of aromatic nitrogens is 2. The van der Waals surface area contributed by atoms with Crippen molar-refractivity contribution in [1.29, 1.82) is 0 Å². The molecule has 0 saturated heterocycles. The fourth-order valence-corrected chi connectivity index (χ4v) is 3.01. The van der Waals surface area contributed by atoms with Crippen molar-refractivity contribution < 1.29 is 0 Å². The van der Waals surface area contributed by atoms with Crippen LogP contribution in [-0.2, 0) is 0 Å². The van der Waals surface area contributed by atoms with Crippen molar-refractivity contribution in [3.63, 3.8) is 0 Å². The summed E-state index contributed by atoms with van der Waals surface area (Å²) in [6, 6.07) is 0.616. The molecule has 2 atom stereocenters. The number of hydrogen-bond donors (Lipinski definition) is 1. The molecule has 0 aliphatic heterocycles. The third-order valence-corrected chi connectivity index (χ3v) is 3.86. The van der Waals surface area contributed by atoms with Gasteiger partial charge in [0, 0.05) is 17.9 Å². The molecule has 1 saturated carbocycles. The lowest BCUT2D eigenvalue weighted by atomic mass is 9.97. The summed E-state index contributed by atoms with van der Waals surface area (Å²) < 4.78 is 3.17. The zero-order chi connectivity index (χ0) is 10.8. The molecule has 3 heteroatoms. The Balaban J connectivity index is 2.27. The van der Waals surface area contributed by atoms with Gasteiger partial charge in [-0.15, -0.1) is 0 Å². The van der Waals surface area contributed by atoms with E-state index in [0.29, 0.717) is 6.04 Å². The molecule has 0 bridgehead atoms. The average Bonchev–Trinajstić information content (AvgIpc) is 2.39. The van der Waals surface area contributed by atoms with Crippen LogP contribution >= 0.6 is 12.2 Å². The number of H-pyrrole nitrogens is 1. The van der Waals surface area contributed by atoms with Crippen LogP contribution in [0, 0.1) is 17.6 Å². The molecule has 1 aromatic heterocycles. The Morgan fingerprint density at radius 1 is 1.33 bits per heavy atom. The summed E-state index contributed by atoms with van der Waals surface area (Å²) in [6.45, 7) is 4.44. The van der Waals surface area contributed by atoms with Crippen LogP contribution in [0.25, 0.3) is 0 Å². The molecule has 1 fully saturated rings. The molecule has 84 valence electrons. The highest BCUT2D eigenvalue weighted by Crippen LogP contribution is 2.32. The number of rotatable bonds is 1. The monoisotopic (exact) mass is 224 g/mol. The third-order valence-electron chi connectivity index (χ3n) is 3.54. The predicted molar refractivity (Wildman–Crippen MR) is 65.6 cm³/mol. The third kappa shape index (κ3) is 2.33. The smallest absolute Gasteiger partial charge is 0.177 e. The Bertz CT molecular complexity index is 377. The first kappa shape index (κ1) is 10.9. The molecule has 2 unspecified atom stereocenters. The van der Waals surface area contributed by atoms with Gasteiger partial charge in [0.15, 0.2) is 4.77 Å². The first-order valence-corrected chi connectivity index (χ1v) is 6.37. The van der Waals surface area contributed by atoms with Gasteiger partial charge in [-0.05, 0) is 37.9 Å². The largest absolute Gasteiger partial charge is 0.335 e. The zero-order valence-electron chi connectivity index (χ0n) is 9.62. The number of imidazole rings is 1. The van der Waals surface area contributed by atoms with Crippen LogP contribution in [0.5, 0.6) is 0 Å². The fraction of sp³-hybridized carbons (Fsp3) is 0.750. The first-order chi connectivity index (χ1) is 7.18. The summed E-state index contributed by atoms with van der Waals surface area (Å²) in [6.07, 6.45) is 8.92. The Hall–Kier alpha value is -0.570. The highest BCUT2D eigenvalue weighted by atomic mass is 32.1. The topological polar surface area (TPSA) is 20.7 Å². The second-order valence-electron chi connectivity index (χ2n) is 4.83. The standard InChI is InChI=1S/C12H20N2S/c1-9-6-4-3-5-7-11(9)14-8-10(2)13-12(14)15/h8-9,11H,3-7H2,1-2H3,(H,13,15). The SMILES string of the molecule is Cc1cn(C2CCCCCC2C)c(=S)[nH]1. The minimum Gasteiger partial charge on any atom is -0.335 e. The van der Waals surface area contributed by atoms with E-state index in [1.165, 1.54) is 37.8 Å². The summed E-state index contributed by atoms with van der Waals surface area (Å²) >= 11 is 5.36. The van der Waals surface area contributed by atoms with Crippen LogP contribution in [0.15, 0.2) is 6.20 Å². The molecule has 2 rings (SSSR count). The van der Waals surface area contributed by atoms with Crippen LogP contribution in [0.3, 0.4) is 0 Å². The maximum Gasteiger partial charge on any atom is 0.177 e. The molecule has 0 spiro atoms. The van der Waals surface area contributed by atoms with E-state index in [1.807, 2.05) is 0 Å². The van der Waals surface area contributed by atoms with E-state index in [-0.39, 0.29) is 0 Å². The number of aromatic amines is 1. The van der Waals surface area contributed by atoms with Gasteiger partial charge >= 0.3 is 0 Å². The number of nitrogens with zero attached hydrogens (tertiary/aromatic N) is 1. The minimum atomic E-state index is 0.616. The highest BCUT2D eigenvalue weighted by molar-refractivity contribution is 7.71. The quantitative estimate of drug-likeness (QED) is 0.565. The molecule has 1 heterocycles. The van der Waals surface area contributed by atoms with Gasteiger partial charge in [-0.3, -0.25) is 0 Å². The molecule has 1 aliphatic carbocycles. The maximum absolute atomic E-state index is 5.36. The predicted octanol–water partition coefficient (Wildman–Crippen LogP) is 4.00. The van der Waals surface area contributed by atoms with Gasteiger partial charge in [-0.25, -0.2) is 0 Å². The molecule has 0 aromatic carbocycles. The minimum absolute atomic E-state index is 0.616. The van der Waals surface area contributed by atoms with Gasteiger partial charge in [0.2, 0.25) is 0 Å². The molecule has 0 amide bonds. The van der Waals surface area contributed by atoms with Crippen molar-refractivity contribution in [3.05, 3.63) is 16.7 Å². The Morgan fingerprint density at radius 3 is 2.73 bits per heavy atom. The van der Waals surface area contributed by atoms with Crippen LogP contribution in [-0.4, -0.2) is 9.55 Å². The summed E-state index contributed by atoms with van der Waals surface area (Å²) in [4.78, 5) is 3.22. The summed E-state index contributed by atoms with van der Waals surface area (Å²) in [5.41, 5.74) is 1.18. The fourth-order valence-electron chi connectivity index (χ4n) is 2.67. The van der Waals surface area contributed by atoms with Gasteiger partial charge < -0.3 is 9.55 Å². The molecule has 1 aliphatic rings. The highest BCUT2D eigenvalue weighted by Gasteiger charge is 2.21. The van der Waals surface area contributed by atoms with Crippen LogP contribution in [0.1, 0.15) is 50.8 Å².